The van der Waals surface area contributed by atoms with E-state index in [1.54, 1.807) is 18.6 Å². The van der Waals surface area contributed by atoms with Gasteiger partial charge in [0.05, 0.1) is 0 Å². The minimum atomic E-state index is -0.527. The Balaban J connectivity index is 2.10. The first-order valence-electron chi connectivity index (χ1n) is 8.99. The zero-order chi connectivity index (χ0) is 19.4. The van der Waals surface area contributed by atoms with Crippen molar-refractivity contribution >= 4 is 12.2 Å². The fourth-order valence-electron chi connectivity index (χ4n) is 2.64. The Bertz CT molecular complexity index is 664. The molecule has 5 heteroatoms. The van der Waals surface area contributed by atoms with E-state index >= 15 is 0 Å². The minimum absolute atomic E-state index is 0.123. The summed E-state index contributed by atoms with van der Waals surface area (Å²) in [7, 11) is 0. The molecule has 2 atom stereocenters. The average molecular weight is 358 g/mol. The van der Waals surface area contributed by atoms with Crippen LogP contribution in [0, 0.1) is 5.92 Å². The third kappa shape index (κ3) is 6.54. The predicted octanol–water partition coefficient (Wildman–Crippen LogP) is 3.88. The van der Waals surface area contributed by atoms with Crippen molar-refractivity contribution in [3.05, 3.63) is 42.2 Å². The third-order valence-electron chi connectivity index (χ3n) is 3.63. The van der Waals surface area contributed by atoms with Crippen LogP contribution in [0.25, 0.3) is 0 Å². The lowest BCUT2D eigenvalue weighted by molar-refractivity contribution is -0.158. The molecule has 0 amide bonds. The molecule has 1 unspecified atom stereocenters. The van der Waals surface area contributed by atoms with Crippen molar-refractivity contribution in [2.75, 3.05) is 0 Å². The number of hydrogen-bond donors (Lipinski definition) is 1. The molecule has 1 N–H and O–H groups in total. The number of benzene rings is 1. The van der Waals surface area contributed by atoms with Crippen molar-refractivity contribution in [2.24, 2.45) is 10.9 Å². The van der Waals surface area contributed by atoms with Gasteiger partial charge in [0.15, 0.2) is 0 Å². The number of ether oxygens (including phenoxy) is 2. The van der Waals surface area contributed by atoms with Crippen LogP contribution in [0.4, 0.5) is 0 Å². The zero-order valence-corrected chi connectivity index (χ0v) is 16.6. The van der Waals surface area contributed by atoms with Crippen molar-refractivity contribution in [2.45, 2.75) is 65.2 Å². The maximum atomic E-state index is 12.6. The first-order chi connectivity index (χ1) is 12.0. The van der Waals surface area contributed by atoms with Crippen molar-refractivity contribution in [1.29, 1.82) is 0 Å². The van der Waals surface area contributed by atoms with E-state index < -0.39 is 11.5 Å². The van der Waals surface area contributed by atoms with Crippen molar-refractivity contribution < 1.29 is 14.3 Å². The van der Waals surface area contributed by atoms with E-state index in [2.05, 4.69) is 10.3 Å². The lowest BCUT2D eigenvalue weighted by Gasteiger charge is -2.27. The molecular weight excluding hydrogens is 328 g/mol. The molecule has 5 nitrogen and oxygen atoms in total. The molecule has 1 aliphatic heterocycles. The molecular formula is C21H30N2O3. The van der Waals surface area contributed by atoms with Crippen LogP contribution in [0.2, 0.25) is 0 Å². The van der Waals surface area contributed by atoms with Crippen molar-refractivity contribution in [1.82, 2.24) is 5.32 Å². The predicted molar refractivity (Wildman–Crippen MR) is 104 cm³/mol. The highest BCUT2D eigenvalue weighted by atomic mass is 16.6. The lowest BCUT2D eigenvalue weighted by atomic mass is 9.94. The van der Waals surface area contributed by atoms with Gasteiger partial charge in [0.2, 0.25) is 0 Å². The van der Waals surface area contributed by atoms with Gasteiger partial charge in [0.1, 0.15) is 22.9 Å². The molecule has 1 aliphatic rings. The topological polar surface area (TPSA) is 59.9 Å². The highest BCUT2D eigenvalue weighted by Crippen LogP contribution is 2.21. The Hall–Kier alpha value is -2.30. The normalized spacial score (nSPS) is 20.2. The van der Waals surface area contributed by atoms with Crippen LogP contribution < -0.4 is 10.1 Å². The van der Waals surface area contributed by atoms with Gasteiger partial charge in [-0.3, -0.25) is 9.79 Å². The second kappa shape index (κ2) is 7.94. The third-order valence-corrected chi connectivity index (χ3v) is 3.63. The molecule has 0 saturated heterocycles. The summed E-state index contributed by atoms with van der Waals surface area (Å²) in [6.07, 6.45) is 5.75. The van der Waals surface area contributed by atoms with Gasteiger partial charge < -0.3 is 14.8 Å². The molecule has 0 radical (unpaired) electrons. The van der Waals surface area contributed by atoms with Gasteiger partial charge in [0, 0.05) is 24.7 Å². The fourth-order valence-corrected chi connectivity index (χ4v) is 2.64. The van der Waals surface area contributed by atoms with Crippen LogP contribution in [0.3, 0.4) is 0 Å². The smallest absolute Gasteiger partial charge is 0.317 e. The Labute approximate surface area is 156 Å². The summed E-state index contributed by atoms with van der Waals surface area (Å²) in [5, 5.41) is 3.26. The Morgan fingerprint density at radius 2 is 1.73 bits per heavy atom. The SMILES string of the molecule is CC(C)(C)OC(=O)C1C=NC=CN[C@H]1Cc1ccc(OC(C)(C)C)cc1. The molecule has 0 saturated carbocycles. The summed E-state index contributed by atoms with van der Waals surface area (Å²) in [6, 6.07) is 7.86. The van der Waals surface area contributed by atoms with E-state index in [9.17, 15) is 4.79 Å². The van der Waals surface area contributed by atoms with Crippen LogP contribution in [0.5, 0.6) is 5.75 Å². The van der Waals surface area contributed by atoms with E-state index in [0.717, 1.165) is 11.3 Å². The molecule has 1 aromatic carbocycles. The molecule has 0 bridgehead atoms. The summed E-state index contributed by atoms with van der Waals surface area (Å²) in [4.78, 5) is 16.7. The molecule has 1 aromatic rings. The molecule has 142 valence electrons. The van der Waals surface area contributed by atoms with Gasteiger partial charge in [-0.05, 0) is 65.7 Å². The maximum absolute atomic E-state index is 12.6. The van der Waals surface area contributed by atoms with Crippen LogP contribution in [-0.2, 0) is 16.0 Å². The number of aliphatic imine (C=N–C) groups is 1. The number of rotatable bonds is 4. The average Bonchev–Trinajstić information content (AvgIpc) is 2.71. The molecule has 0 aromatic heterocycles. The van der Waals surface area contributed by atoms with Crippen LogP contribution in [0.15, 0.2) is 41.7 Å². The van der Waals surface area contributed by atoms with Gasteiger partial charge in [-0.2, -0.15) is 0 Å². The molecule has 1 heterocycles. The van der Waals surface area contributed by atoms with Crippen LogP contribution in [0.1, 0.15) is 47.1 Å². The highest BCUT2D eigenvalue weighted by molar-refractivity contribution is 5.91. The molecule has 0 aliphatic carbocycles. The number of nitrogens with zero attached hydrogens (tertiary/aromatic N) is 1. The molecule has 2 rings (SSSR count). The van der Waals surface area contributed by atoms with E-state index in [1.807, 2.05) is 65.8 Å². The number of carbonyl (C=O) groups is 1. The zero-order valence-electron chi connectivity index (χ0n) is 16.6. The lowest BCUT2D eigenvalue weighted by Crippen LogP contribution is -2.42. The van der Waals surface area contributed by atoms with E-state index in [0.29, 0.717) is 6.42 Å². The van der Waals surface area contributed by atoms with E-state index in [4.69, 9.17) is 9.47 Å². The summed E-state index contributed by atoms with van der Waals surface area (Å²) >= 11 is 0. The van der Waals surface area contributed by atoms with Gasteiger partial charge in [-0.25, -0.2) is 0 Å². The highest BCUT2D eigenvalue weighted by Gasteiger charge is 2.31. The Morgan fingerprint density at radius 1 is 1.08 bits per heavy atom. The first kappa shape index (κ1) is 20.0. The van der Waals surface area contributed by atoms with Gasteiger partial charge in [-0.1, -0.05) is 12.1 Å². The van der Waals surface area contributed by atoms with Crippen molar-refractivity contribution in [3.63, 3.8) is 0 Å². The second-order valence-electron chi connectivity index (χ2n) is 8.51. The van der Waals surface area contributed by atoms with Crippen LogP contribution in [-0.4, -0.2) is 29.4 Å². The summed E-state index contributed by atoms with van der Waals surface area (Å²) < 4.78 is 11.4. The number of hydrogen-bond acceptors (Lipinski definition) is 5. The standard InChI is InChI=1S/C21H30N2O3/c1-20(2,3)25-16-9-7-15(8-10-16)13-18-17(14-22-11-12-23-18)19(24)26-21(4,5)6/h7-12,14,17-18,23H,13H2,1-6H3/t17?,18-/m0/s1. The van der Waals surface area contributed by atoms with Gasteiger partial charge in [0.25, 0.3) is 0 Å². The van der Waals surface area contributed by atoms with Crippen molar-refractivity contribution in [3.8, 4) is 5.75 Å². The molecule has 0 spiro atoms. The number of carbonyl (C=O) groups excluding carboxylic acids is 1. The largest absolute Gasteiger partial charge is 0.488 e. The summed E-state index contributed by atoms with van der Waals surface area (Å²) in [6.45, 7) is 11.7. The fraction of sp³-hybridized carbons (Fsp3) is 0.524. The quantitative estimate of drug-likeness (QED) is 0.830. The minimum Gasteiger partial charge on any atom is -0.488 e. The number of nitrogens with one attached hydrogen (secondary N) is 1. The number of esters is 1. The van der Waals surface area contributed by atoms with Gasteiger partial charge in [-0.15, -0.1) is 0 Å². The summed E-state index contributed by atoms with van der Waals surface area (Å²) in [5.74, 6) is 0.116. The Kier molecular flexibility index (Phi) is 6.11. The van der Waals surface area contributed by atoms with E-state index in [1.165, 1.54) is 0 Å². The summed E-state index contributed by atoms with van der Waals surface area (Å²) in [5.41, 5.74) is 0.357. The maximum Gasteiger partial charge on any atom is 0.317 e. The molecule has 26 heavy (non-hydrogen) atoms. The van der Waals surface area contributed by atoms with Crippen LogP contribution >= 0.6 is 0 Å². The van der Waals surface area contributed by atoms with Gasteiger partial charge >= 0.3 is 5.97 Å². The second-order valence-corrected chi connectivity index (χ2v) is 8.51. The van der Waals surface area contributed by atoms with E-state index in [-0.39, 0.29) is 17.6 Å². The Morgan fingerprint density at radius 3 is 2.31 bits per heavy atom. The first-order valence-corrected chi connectivity index (χ1v) is 8.99. The molecule has 0 fully saturated rings. The monoisotopic (exact) mass is 358 g/mol.